The molecule has 1 heterocycles. The Balaban J connectivity index is 2.10. The van der Waals surface area contributed by atoms with Gasteiger partial charge in [-0.05, 0) is 39.0 Å². The van der Waals surface area contributed by atoms with Gasteiger partial charge in [-0.25, -0.2) is 0 Å². The predicted octanol–water partition coefficient (Wildman–Crippen LogP) is 2.14. The number of hydrogen-bond acceptors (Lipinski definition) is 5. The fourth-order valence-electron chi connectivity index (χ4n) is 2.33. The first-order chi connectivity index (χ1) is 9.08. The lowest BCUT2D eigenvalue weighted by Gasteiger charge is -2.30. The SMILES string of the molecule is CNc1cc(NC2CCN(C)CC2)cc([N+](=O)[O-])c1. The average Bonchev–Trinajstić information content (AvgIpc) is 2.41. The van der Waals surface area contributed by atoms with E-state index in [1.54, 1.807) is 19.2 Å². The molecule has 19 heavy (non-hydrogen) atoms. The number of rotatable bonds is 4. The van der Waals surface area contributed by atoms with Gasteiger partial charge in [-0.2, -0.15) is 0 Å². The first-order valence-electron chi connectivity index (χ1n) is 6.51. The normalized spacial score (nSPS) is 17.2. The summed E-state index contributed by atoms with van der Waals surface area (Å²) in [5.41, 5.74) is 1.68. The zero-order valence-corrected chi connectivity index (χ0v) is 11.3. The van der Waals surface area contributed by atoms with Crippen LogP contribution in [0.1, 0.15) is 12.8 Å². The third-order valence-corrected chi connectivity index (χ3v) is 3.51. The van der Waals surface area contributed by atoms with Crippen molar-refractivity contribution in [2.45, 2.75) is 18.9 Å². The third kappa shape index (κ3) is 3.57. The van der Waals surface area contributed by atoms with E-state index in [1.165, 1.54) is 0 Å². The fourth-order valence-corrected chi connectivity index (χ4v) is 2.33. The van der Waals surface area contributed by atoms with Crippen molar-refractivity contribution in [2.75, 3.05) is 37.8 Å². The van der Waals surface area contributed by atoms with Crippen molar-refractivity contribution >= 4 is 17.1 Å². The second-order valence-corrected chi connectivity index (χ2v) is 5.00. The van der Waals surface area contributed by atoms with Gasteiger partial charge in [0.15, 0.2) is 0 Å². The lowest BCUT2D eigenvalue weighted by Crippen LogP contribution is -2.36. The van der Waals surface area contributed by atoms with Crippen LogP contribution in [0.2, 0.25) is 0 Å². The quantitative estimate of drug-likeness (QED) is 0.644. The number of nitro benzene ring substituents is 1. The summed E-state index contributed by atoms with van der Waals surface area (Å²) in [6, 6.07) is 5.44. The molecule has 1 aromatic rings. The molecule has 1 aromatic carbocycles. The molecule has 1 fully saturated rings. The molecule has 1 saturated heterocycles. The van der Waals surface area contributed by atoms with E-state index in [9.17, 15) is 10.1 Å². The van der Waals surface area contributed by atoms with Gasteiger partial charge in [-0.15, -0.1) is 0 Å². The fraction of sp³-hybridized carbons (Fsp3) is 0.538. The molecule has 104 valence electrons. The molecule has 0 aliphatic carbocycles. The lowest BCUT2D eigenvalue weighted by molar-refractivity contribution is -0.384. The molecule has 0 aromatic heterocycles. The molecule has 0 bridgehead atoms. The minimum Gasteiger partial charge on any atom is -0.388 e. The average molecular weight is 264 g/mol. The summed E-state index contributed by atoms with van der Waals surface area (Å²) in [6.45, 7) is 2.12. The molecular weight excluding hydrogens is 244 g/mol. The Labute approximate surface area is 112 Å². The summed E-state index contributed by atoms with van der Waals surface area (Å²) < 4.78 is 0. The third-order valence-electron chi connectivity index (χ3n) is 3.51. The van der Waals surface area contributed by atoms with Gasteiger partial charge in [0.2, 0.25) is 0 Å². The molecule has 1 aliphatic rings. The molecule has 1 aliphatic heterocycles. The Bertz CT molecular complexity index is 456. The van der Waals surface area contributed by atoms with Gasteiger partial charge in [0.25, 0.3) is 5.69 Å². The summed E-state index contributed by atoms with van der Waals surface area (Å²) in [7, 11) is 3.88. The number of nitro groups is 1. The van der Waals surface area contributed by atoms with Gasteiger partial charge in [0.05, 0.1) is 4.92 Å². The van der Waals surface area contributed by atoms with E-state index >= 15 is 0 Å². The van der Waals surface area contributed by atoms with Gasteiger partial charge in [0.1, 0.15) is 0 Å². The maximum atomic E-state index is 10.9. The van der Waals surface area contributed by atoms with E-state index in [0.29, 0.717) is 6.04 Å². The maximum absolute atomic E-state index is 10.9. The van der Waals surface area contributed by atoms with E-state index in [0.717, 1.165) is 37.3 Å². The highest BCUT2D eigenvalue weighted by molar-refractivity contribution is 5.63. The van der Waals surface area contributed by atoms with Crippen LogP contribution in [0.3, 0.4) is 0 Å². The van der Waals surface area contributed by atoms with Gasteiger partial charge >= 0.3 is 0 Å². The summed E-state index contributed by atoms with van der Waals surface area (Å²) >= 11 is 0. The number of non-ortho nitro benzene ring substituents is 1. The minimum atomic E-state index is -0.360. The minimum absolute atomic E-state index is 0.113. The maximum Gasteiger partial charge on any atom is 0.273 e. The monoisotopic (exact) mass is 264 g/mol. The van der Waals surface area contributed by atoms with Gasteiger partial charge in [-0.3, -0.25) is 10.1 Å². The van der Waals surface area contributed by atoms with Crippen LogP contribution in [0.4, 0.5) is 17.1 Å². The Hall–Kier alpha value is -1.82. The van der Waals surface area contributed by atoms with Crippen molar-refractivity contribution in [3.05, 3.63) is 28.3 Å². The van der Waals surface area contributed by atoms with Gasteiger partial charge < -0.3 is 15.5 Å². The van der Waals surface area contributed by atoms with Crippen molar-refractivity contribution in [1.29, 1.82) is 0 Å². The molecular formula is C13H20N4O2. The number of benzene rings is 1. The molecule has 2 N–H and O–H groups in total. The summed E-state index contributed by atoms with van der Waals surface area (Å²) in [5, 5.41) is 17.3. The first-order valence-corrected chi connectivity index (χ1v) is 6.51. The van der Waals surface area contributed by atoms with Gasteiger partial charge in [-0.1, -0.05) is 0 Å². The Kier molecular flexibility index (Phi) is 4.21. The Morgan fingerprint density at radius 1 is 1.26 bits per heavy atom. The second-order valence-electron chi connectivity index (χ2n) is 5.00. The number of nitrogens with one attached hydrogen (secondary N) is 2. The zero-order valence-electron chi connectivity index (χ0n) is 11.3. The van der Waals surface area contributed by atoms with Crippen LogP contribution >= 0.6 is 0 Å². The number of hydrogen-bond donors (Lipinski definition) is 2. The van der Waals surface area contributed by atoms with E-state index in [2.05, 4.69) is 22.6 Å². The number of anilines is 2. The van der Waals surface area contributed by atoms with Crippen LogP contribution in [0.15, 0.2) is 18.2 Å². The van der Waals surface area contributed by atoms with E-state index in [4.69, 9.17) is 0 Å². The molecule has 0 saturated carbocycles. The molecule has 0 amide bonds. The molecule has 0 unspecified atom stereocenters. The molecule has 0 radical (unpaired) electrons. The van der Waals surface area contributed by atoms with Crippen LogP contribution in [-0.4, -0.2) is 43.0 Å². The smallest absolute Gasteiger partial charge is 0.273 e. The molecule has 0 atom stereocenters. The van der Waals surface area contributed by atoms with E-state index in [1.807, 2.05) is 6.07 Å². The Morgan fingerprint density at radius 3 is 2.47 bits per heavy atom. The largest absolute Gasteiger partial charge is 0.388 e. The van der Waals surface area contributed by atoms with Crippen molar-refractivity contribution < 1.29 is 4.92 Å². The summed E-state index contributed by atoms with van der Waals surface area (Å²) in [4.78, 5) is 12.8. The van der Waals surface area contributed by atoms with Crippen molar-refractivity contribution in [3.8, 4) is 0 Å². The summed E-state index contributed by atoms with van der Waals surface area (Å²) in [5.74, 6) is 0. The van der Waals surface area contributed by atoms with E-state index in [-0.39, 0.29) is 10.6 Å². The van der Waals surface area contributed by atoms with Crippen molar-refractivity contribution in [2.24, 2.45) is 0 Å². The van der Waals surface area contributed by atoms with Crippen LogP contribution < -0.4 is 10.6 Å². The highest BCUT2D eigenvalue weighted by Gasteiger charge is 2.17. The Morgan fingerprint density at radius 2 is 1.89 bits per heavy atom. The molecule has 0 spiro atoms. The number of likely N-dealkylation sites (tertiary alicyclic amines) is 1. The van der Waals surface area contributed by atoms with Crippen LogP contribution in [0.5, 0.6) is 0 Å². The van der Waals surface area contributed by atoms with Gasteiger partial charge in [0, 0.05) is 36.6 Å². The molecule has 6 heteroatoms. The topological polar surface area (TPSA) is 70.4 Å². The number of nitrogens with zero attached hydrogens (tertiary/aromatic N) is 2. The van der Waals surface area contributed by atoms with Crippen molar-refractivity contribution in [3.63, 3.8) is 0 Å². The zero-order chi connectivity index (χ0) is 13.8. The lowest BCUT2D eigenvalue weighted by atomic mass is 10.1. The predicted molar refractivity (Wildman–Crippen MR) is 76.8 cm³/mol. The molecule has 2 rings (SSSR count). The van der Waals surface area contributed by atoms with Crippen LogP contribution in [-0.2, 0) is 0 Å². The van der Waals surface area contributed by atoms with Crippen molar-refractivity contribution in [1.82, 2.24) is 4.90 Å². The standard InChI is InChI=1S/C13H20N4O2/c1-14-11-7-12(9-13(8-11)17(18)19)15-10-3-5-16(2)6-4-10/h7-10,14-15H,3-6H2,1-2H3. The van der Waals surface area contributed by atoms with E-state index < -0.39 is 0 Å². The first kappa shape index (κ1) is 13.6. The second kappa shape index (κ2) is 5.88. The summed E-state index contributed by atoms with van der Waals surface area (Å²) in [6.07, 6.45) is 2.13. The van der Waals surface area contributed by atoms with Crippen LogP contribution in [0.25, 0.3) is 0 Å². The number of piperidine rings is 1. The van der Waals surface area contributed by atoms with Crippen LogP contribution in [0, 0.1) is 10.1 Å². The molecule has 6 nitrogen and oxygen atoms in total. The highest BCUT2D eigenvalue weighted by Crippen LogP contribution is 2.25. The highest BCUT2D eigenvalue weighted by atomic mass is 16.6.